The second-order valence-corrected chi connectivity index (χ2v) is 5.97. The summed E-state index contributed by atoms with van der Waals surface area (Å²) < 4.78 is 52.0. The van der Waals surface area contributed by atoms with Crippen molar-refractivity contribution < 1.29 is 22.3 Å². The predicted molar refractivity (Wildman–Crippen MR) is 62.5 cm³/mol. The number of hydrogen-bond acceptors (Lipinski definition) is 3. The lowest BCUT2D eigenvalue weighted by atomic mass is 10.0. The molecule has 0 saturated carbocycles. The predicted octanol–water partition coefficient (Wildman–Crippen LogP) is 1.40. The summed E-state index contributed by atoms with van der Waals surface area (Å²) in [5.74, 6) is -1.95. The zero-order chi connectivity index (χ0) is 14.0. The molecular weight excluding hydrogens is 264 g/mol. The molecule has 102 valence electrons. The van der Waals surface area contributed by atoms with Gasteiger partial charge in [0, 0.05) is 6.07 Å². The van der Waals surface area contributed by atoms with E-state index in [1.54, 1.807) is 6.92 Å². The van der Waals surface area contributed by atoms with Crippen molar-refractivity contribution in [1.82, 2.24) is 4.72 Å². The highest BCUT2D eigenvalue weighted by Crippen LogP contribution is 2.17. The Kier molecular flexibility index (Phi) is 4.41. The third kappa shape index (κ3) is 3.47. The maximum absolute atomic E-state index is 13.0. The highest BCUT2D eigenvalue weighted by molar-refractivity contribution is 7.89. The molecule has 0 bridgehead atoms. The monoisotopic (exact) mass is 279 g/mol. The van der Waals surface area contributed by atoms with Gasteiger partial charge in [-0.25, -0.2) is 21.9 Å². The molecule has 2 N–H and O–H groups in total. The number of sulfonamides is 1. The summed E-state index contributed by atoms with van der Waals surface area (Å²) in [4.78, 5) is -0.506. The van der Waals surface area contributed by atoms with E-state index in [2.05, 4.69) is 4.72 Å². The van der Waals surface area contributed by atoms with Gasteiger partial charge < -0.3 is 5.11 Å². The Morgan fingerprint density at radius 3 is 2.17 bits per heavy atom. The number of benzene rings is 1. The maximum atomic E-state index is 13.0. The van der Waals surface area contributed by atoms with Crippen molar-refractivity contribution >= 4 is 10.0 Å². The molecule has 1 aromatic rings. The van der Waals surface area contributed by atoms with Crippen LogP contribution in [0.2, 0.25) is 0 Å². The van der Waals surface area contributed by atoms with E-state index in [1.165, 1.54) is 6.92 Å². The van der Waals surface area contributed by atoms with Gasteiger partial charge in [0.25, 0.3) is 0 Å². The zero-order valence-electron chi connectivity index (χ0n) is 10.1. The Labute approximate surface area is 105 Å². The molecule has 4 nitrogen and oxygen atoms in total. The average molecular weight is 279 g/mol. The van der Waals surface area contributed by atoms with Gasteiger partial charge in [0.1, 0.15) is 11.6 Å². The fourth-order valence-electron chi connectivity index (χ4n) is 1.28. The van der Waals surface area contributed by atoms with Gasteiger partial charge in [-0.1, -0.05) is 6.92 Å². The fourth-order valence-corrected chi connectivity index (χ4v) is 2.79. The van der Waals surface area contributed by atoms with Crippen LogP contribution in [0.25, 0.3) is 0 Å². The van der Waals surface area contributed by atoms with Crippen LogP contribution in [0.3, 0.4) is 0 Å². The third-order valence-electron chi connectivity index (χ3n) is 2.66. The fraction of sp³-hybridized carbons (Fsp3) is 0.455. The molecule has 1 aromatic carbocycles. The van der Waals surface area contributed by atoms with Gasteiger partial charge in [-0.15, -0.1) is 0 Å². The van der Waals surface area contributed by atoms with Gasteiger partial charge in [-0.2, -0.15) is 0 Å². The van der Waals surface area contributed by atoms with Crippen LogP contribution in [0.4, 0.5) is 8.78 Å². The molecule has 0 heterocycles. The molecule has 18 heavy (non-hydrogen) atoms. The lowest BCUT2D eigenvalue weighted by Gasteiger charge is -2.26. The van der Waals surface area contributed by atoms with Gasteiger partial charge in [-0.05, 0) is 25.5 Å². The summed E-state index contributed by atoms with van der Waals surface area (Å²) in [6, 6.07) is 2.03. The van der Waals surface area contributed by atoms with Crippen LogP contribution in [0.5, 0.6) is 0 Å². The van der Waals surface area contributed by atoms with Crippen molar-refractivity contribution in [2.24, 2.45) is 0 Å². The van der Waals surface area contributed by atoms with E-state index in [9.17, 15) is 17.2 Å². The van der Waals surface area contributed by atoms with E-state index in [0.29, 0.717) is 12.5 Å². The number of aliphatic hydroxyl groups is 1. The third-order valence-corrected chi connectivity index (χ3v) is 4.27. The van der Waals surface area contributed by atoms with Gasteiger partial charge >= 0.3 is 0 Å². The van der Waals surface area contributed by atoms with Crippen LogP contribution in [-0.4, -0.2) is 25.7 Å². The van der Waals surface area contributed by atoms with Crippen molar-refractivity contribution in [3.63, 3.8) is 0 Å². The highest BCUT2D eigenvalue weighted by Gasteiger charge is 2.28. The molecule has 1 atom stereocenters. The molecule has 0 fully saturated rings. The molecule has 0 aromatic heterocycles. The van der Waals surface area contributed by atoms with Gasteiger partial charge in [-0.3, -0.25) is 0 Å². The quantitative estimate of drug-likeness (QED) is 0.856. The Morgan fingerprint density at radius 2 is 1.78 bits per heavy atom. The van der Waals surface area contributed by atoms with Crippen LogP contribution < -0.4 is 4.72 Å². The first-order valence-electron chi connectivity index (χ1n) is 5.33. The molecule has 1 rings (SSSR count). The standard InChI is InChI=1S/C11H15F2NO3S/c1-3-11(2,7-15)14-18(16,17)10-5-8(12)4-9(13)6-10/h4-6,14-15H,3,7H2,1-2H3. The number of rotatable bonds is 5. The molecule has 0 radical (unpaired) electrons. The summed E-state index contributed by atoms with van der Waals surface area (Å²) >= 11 is 0. The smallest absolute Gasteiger partial charge is 0.241 e. The minimum absolute atomic E-state index is 0.334. The van der Waals surface area contributed by atoms with Crippen LogP contribution in [-0.2, 0) is 10.0 Å². The first-order valence-corrected chi connectivity index (χ1v) is 6.82. The van der Waals surface area contributed by atoms with E-state index >= 15 is 0 Å². The van der Waals surface area contributed by atoms with Crippen LogP contribution in [0.1, 0.15) is 20.3 Å². The van der Waals surface area contributed by atoms with E-state index in [-0.39, 0.29) is 0 Å². The first kappa shape index (κ1) is 15.0. The Morgan fingerprint density at radius 1 is 1.28 bits per heavy atom. The first-order chi connectivity index (χ1) is 8.22. The molecule has 0 spiro atoms. The van der Waals surface area contributed by atoms with Crippen LogP contribution in [0, 0.1) is 11.6 Å². The molecular formula is C11H15F2NO3S. The van der Waals surface area contributed by atoms with Crippen LogP contribution in [0.15, 0.2) is 23.1 Å². The zero-order valence-corrected chi connectivity index (χ0v) is 10.9. The topological polar surface area (TPSA) is 66.4 Å². The number of hydrogen-bond donors (Lipinski definition) is 2. The minimum atomic E-state index is -4.08. The summed E-state index contributed by atoms with van der Waals surface area (Å²) in [7, 11) is -4.08. The molecule has 0 aliphatic rings. The number of aliphatic hydroxyl groups excluding tert-OH is 1. The van der Waals surface area contributed by atoms with Gasteiger partial charge in [0.2, 0.25) is 10.0 Å². The van der Waals surface area contributed by atoms with E-state index in [0.717, 1.165) is 12.1 Å². The molecule has 1 unspecified atom stereocenters. The Hall–Kier alpha value is -1.05. The van der Waals surface area contributed by atoms with Crippen molar-refractivity contribution in [3.05, 3.63) is 29.8 Å². The van der Waals surface area contributed by atoms with Crippen molar-refractivity contribution in [2.45, 2.75) is 30.7 Å². The lowest BCUT2D eigenvalue weighted by Crippen LogP contribution is -2.48. The highest BCUT2D eigenvalue weighted by atomic mass is 32.2. The van der Waals surface area contributed by atoms with E-state index < -0.39 is 38.7 Å². The summed E-state index contributed by atoms with van der Waals surface area (Å²) in [5.41, 5.74) is -1.07. The summed E-state index contributed by atoms with van der Waals surface area (Å²) in [6.07, 6.45) is 0.334. The maximum Gasteiger partial charge on any atom is 0.241 e. The van der Waals surface area contributed by atoms with Crippen molar-refractivity contribution in [2.75, 3.05) is 6.61 Å². The molecule has 0 amide bonds. The largest absolute Gasteiger partial charge is 0.394 e. The number of nitrogens with one attached hydrogen (secondary N) is 1. The Bertz CT molecular complexity index is 507. The molecule has 0 saturated heterocycles. The SMILES string of the molecule is CCC(C)(CO)NS(=O)(=O)c1cc(F)cc(F)c1. The second-order valence-electron chi connectivity index (χ2n) is 4.28. The molecule has 0 aliphatic heterocycles. The molecule has 7 heteroatoms. The van der Waals surface area contributed by atoms with Gasteiger partial charge in [0.05, 0.1) is 17.0 Å². The van der Waals surface area contributed by atoms with E-state index in [4.69, 9.17) is 5.11 Å². The van der Waals surface area contributed by atoms with Gasteiger partial charge in [0.15, 0.2) is 0 Å². The molecule has 0 aliphatic carbocycles. The van der Waals surface area contributed by atoms with Crippen LogP contribution >= 0.6 is 0 Å². The summed E-state index contributed by atoms with van der Waals surface area (Å²) in [6.45, 7) is 2.77. The van der Waals surface area contributed by atoms with Crippen molar-refractivity contribution in [1.29, 1.82) is 0 Å². The van der Waals surface area contributed by atoms with E-state index in [1.807, 2.05) is 0 Å². The lowest BCUT2D eigenvalue weighted by molar-refractivity contribution is 0.191. The summed E-state index contributed by atoms with van der Waals surface area (Å²) in [5, 5.41) is 9.13. The Balaban J connectivity index is 3.14. The normalized spacial score (nSPS) is 15.4. The average Bonchev–Trinajstić information content (AvgIpc) is 2.27. The minimum Gasteiger partial charge on any atom is -0.394 e. The second kappa shape index (κ2) is 5.29. The number of halogens is 2. The van der Waals surface area contributed by atoms with Crippen molar-refractivity contribution in [3.8, 4) is 0 Å².